The third-order valence-electron chi connectivity index (χ3n) is 3.36. The van der Waals surface area contributed by atoms with Crippen LogP contribution in [0, 0.1) is 13.8 Å². The molecule has 0 aliphatic rings. The lowest BCUT2D eigenvalue weighted by Crippen LogP contribution is -2.04. The van der Waals surface area contributed by atoms with E-state index in [9.17, 15) is 9.90 Å². The van der Waals surface area contributed by atoms with Gasteiger partial charge in [-0.05, 0) is 25.3 Å². The first-order valence-corrected chi connectivity index (χ1v) is 6.23. The number of carboxylic acid groups (broad SMARTS) is 1. The minimum atomic E-state index is -0.966. The lowest BCUT2D eigenvalue weighted by Gasteiger charge is -2.07. The molecule has 0 saturated heterocycles. The maximum atomic E-state index is 11.3. The van der Waals surface area contributed by atoms with Gasteiger partial charge >= 0.3 is 5.97 Å². The minimum Gasteiger partial charge on any atom is -0.478 e. The lowest BCUT2D eigenvalue weighted by molar-refractivity contribution is 0.0695. The Bertz CT molecular complexity index is 816. The molecule has 0 amide bonds. The average molecular weight is 267 g/mol. The van der Waals surface area contributed by atoms with E-state index in [2.05, 4.69) is 10.1 Å². The highest BCUT2D eigenvalue weighted by atomic mass is 16.4. The molecule has 0 saturated carbocycles. The van der Waals surface area contributed by atoms with Crippen LogP contribution in [0.5, 0.6) is 0 Å². The zero-order valence-electron chi connectivity index (χ0n) is 11.2. The van der Waals surface area contributed by atoms with Crippen LogP contribution < -0.4 is 0 Å². The number of hydrogen-bond acceptors (Lipinski definition) is 3. The van der Waals surface area contributed by atoms with Crippen LogP contribution >= 0.6 is 0 Å². The highest BCUT2D eigenvalue weighted by Gasteiger charge is 2.19. The van der Waals surface area contributed by atoms with E-state index in [0.29, 0.717) is 17.2 Å². The van der Waals surface area contributed by atoms with Crippen molar-refractivity contribution in [2.45, 2.75) is 13.8 Å². The molecule has 0 unspecified atom stereocenters. The number of benzene rings is 1. The molecule has 3 aromatic rings. The molecule has 100 valence electrons. The van der Waals surface area contributed by atoms with Gasteiger partial charge in [-0.3, -0.25) is 0 Å². The molecule has 1 aromatic carbocycles. The molecular formula is C15H13N3O2. The van der Waals surface area contributed by atoms with E-state index in [1.165, 1.54) is 0 Å². The van der Waals surface area contributed by atoms with Crippen LogP contribution in [0.3, 0.4) is 0 Å². The summed E-state index contributed by atoms with van der Waals surface area (Å²) in [4.78, 5) is 15.6. The Labute approximate surface area is 115 Å². The van der Waals surface area contributed by atoms with Gasteiger partial charge in [-0.1, -0.05) is 24.3 Å². The molecule has 5 heteroatoms. The predicted octanol–water partition coefficient (Wildman–Crippen LogP) is 2.74. The fourth-order valence-corrected chi connectivity index (χ4v) is 2.43. The van der Waals surface area contributed by atoms with E-state index in [0.717, 1.165) is 10.8 Å². The van der Waals surface area contributed by atoms with Gasteiger partial charge in [-0.15, -0.1) is 0 Å². The molecule has 0 bridgehead atoms. The van der Waals surface area contributed by atoms with E-state index >= 15 is 0 Å². The van der Waals surface area contributed by atoms with Crippen molar-refractivity contribution in [3.05, 3.63) is 53.5 Å². The van der Waals surface area contributed by atoms with Gasteiger partial charge in [0.1, 0.15) is 5.56 Å². The number of fused-ring (bicyclic) bond motifs is 1. The van der Waals surface area contributed by atoms with Gasteiger partial charge in [0.15, 0.2) is 5.82 Å². The smallest absolute Gasteiger partial charge is 0.339 e. The Morgan fingerprint density at radius 1 is 1.20 bits per heavy atom. The Morgan fingerprint density at radius 3 is 2.65 bits per heavy atom. The van der Waals surface area contributed by atoms with Gasteiger partial charge in [0.2, 0.25) is 0 Å². The first-order valence-electron chi connectivity index (χ1n) is 6.23. The first-order chi connectivity index (χ1) is 9.59. The third-order valence-corrected chi connectivity index (χ3v) is 3.36. The number of rotatable bonds is 2. The Balaban J connectivity index is 2.32. The summed E-state index contributed by atoms with van der Waals surface area (Å²) < 4.78 is 1.60. The molecule has 0 spiro atoms. The highest BCUT2D eigenvalue weighted by Crippen LogP contribution is 2.23. The number of aromatic nitrogens is 3. The first kappa shape index (κ1) is 12.3. The Kier molecular flexibility index (Phi) is 2.75. The molecule has 5 nitrogen and oxygen atoms in total. The zero-order chi connectivity index (χ0) is 14.3. The standard InChI is InChI=1S/C15H13N3O2/c1-9-13(15(19)20)10(2)18(17-9)14-12-6-4-3-5-11(12)7-8-16-14/h3-8H,1-2H3,(H,19,20). The van der Waals surface area contributed by atoms with E-state index in [1.807, 2.05) is 30.3 Å². The minimum absolute atomic E-state index is 0.236. The van der Waals surface area contributed by atoms with Crippen molar-refractivity contribution in [3.8, 4) is 5.82 Å². The van der Waals surface area contributed by atoms with Crippen molar-refractivity contribution in [2.24, 2.45) is 0 Å². The van der Waals surface area contributed by atoms with Crippen molar-refractivity contribution in [3.63, 3.8) is 0 Å². The normalized spacial score (nSPS) is 10.9. The lowest BCUT2D eigenvalue weighted by atomic mass is 10.1. The zero-order valence-corrected chi connectivity index (χ0v) is 11.2. The van der Waals surface area contributed by atoms with Crippen LogP contribution in [0.2, 0.25) is 0 Å². The highest BCUT2D eigenvalue weighted by molar-refractivity contribution is 5.91. The number of aromatic carboxylic acids is 1. The second-order valence-electron chi connectivity index (χ2n) is 4.62. The van der Waals surface area contributed by atoms with E-state index in [1.54, 1.807) is 24.7 Å². The fraction of sp³-hybridized carbons (Fsp3) is 0.133. The molecule has 2 heterocycles. The number of carbonyl (C=O) groups is 1. The number of nitrogens with zero attached hydrogens (tertiary/aromatic N) is 3. The topological polar surface area (TPSA) is 68.0 Å². The largest absolute Gasteiger partial charge is 0.478 e. The average Bonchev–Trinajstić information content (AvgIpc) is 2.73. The van der Waals surface area contributed by atoms with E-state index in [4.69, 9.17) is 0 Å². The molecule has 3 rings (SSSR count). The van der Waals surface area contributed by atoms with Crippen molar-refractivity contribution < 1.29 is 9.90 Å². The summed E-state index contributed by atoms with van der Waals surface area (Å²) in [5, 5.41) is 15.6. The summed E-state index contributed by atoms with van der Waals surface area (Å²) in [5.41, 5.74) is 1.31. The molecule has 0 aliphatic carbocycles. The molecule has 20 heavy (non-hydrogen) atoms. The number of aryl methyl sites for hydroxylation is 1. The maximum absolute atomic E-state index is 11.3. The maximum Gasteiger partial charge on any atom is 0.339 e. The third kappa shape index (κ3) is 1.75. The van der Waals surface area contributed by atoms with Crippen LogP contribution in [0.15, 0.2) is 36.5 Å². The van der Waals surface area contributed by atoms with Crippen molar-refractivity contribution >= 4 is 16.7 Å². The fourth-order valence-electron chi connectivity index (χ4n) is 2.43. The van der Waals surface area contributed by atoms with Gasteiger partial charge < -0.3 is 5.11 Å². The molecule has 0 fully saturated rings. The van der Waals surface area contributed by atoms with Gasteiger partial charge in [-0.2, -0.15) is 5.10 Å². The van der Waals surface area contributed by atoms with Crippen LogP contribution in [-0.2, 0) is 0 Å². The van der Waals surface area contributed by atoms with Crippen LogP contribution in [-0.4, -0.2) is 25.8 Å². The second-order valence-corrected chi connectivity index (χ2v) is 4.62. The van der Waals surface area contributed by atoms with E-state index < -0.39 is 5.97 Å². The summed E-state index contributed by atoms with van der Waals surface area (Å²) in [6.45, 7) is 3.44. The quantitative estimate of drug-likeness (QED) is 0.775. The summed E-state index contributed by atoms with van der Waals surface area (Å²) >= 11 is 0. The van der Waals surface area contributed by atoms with E-state index in [-0.39, 0.29) is 5.56 Å². The summed E-state index contributed by atoms with van der Waals surface area (Å²) in [6.07, 6.45) is 1.70. The van der Waals surface area contributed by atoms with Gasteiger partial charge in [-0.25, -0.2) is 14.5 Å². The molecule has 1 N–H and O–H groups in total. The van der Waals surface area contributed by atoms with Crippen LogP contribution in [0.25, 0.3) is 16.6 Å². The number of carboxylic acids is 1. The summed E-state index contributed by atoms with van der Waals surface area (Å²) in [5.74, 6) is -0.317. The van der Waals surface area contributed by atoms with Gasteiger partial charge in [0.25, 0.3) is 0 Å². The molecule has 0 atom stereocenters. The SMILES string of the molecule is Cc1nn(-c2nccc3ccccc23)c(C)c1C(=O)O. The monoisotopic (exact) mass is 267 g/mol. The molecule has 2 aromatic heterocycles. The summed E-state index contributed by atoms with van der Waals surface area (Å²) in [7, 11) is 0. The van der Waals surface area contributed by atoms with Crippen molar-refractivity contribution in [1.82, 2.24) is 14.8 Å². The van der Waals surface area contributed by atoms with Crippen molar-refractivity contribution in [1.29, 1.82) is 0 Å². The van der Waals surface area contributed by atoms with Crippen molar-refractivity contribution in [2.75, 3.05) is 0 Å². The van der Waals surface area contributed by atoms with Crippen LogP contribution in [0.1, 0.15) is 21.7 Å². The summed E-state index contributed by atoms with van der Waals surface area (Å²) in [6, 6.07) is 9.74. The Hall–Kier alpha value is -2.69. The van der Waals surface area contributed by atoms with Gasteiger partial charge in [0.05, 0.1) is 11.4 Å². The van der Waals surface area contributed by atoms with Gasteiger partial charge in [0, 0.05) is 11.6 Å². The van der Waals surface area contributed by atoms with Crippen LogP contribution in [0.4, 0.5) is 0 Å². The molecular weight excluding hydrogens is 254 g/mol. The number of pyridine rings is 1. The second kappa shape index (κ2) is 4.45. The predicted molar refractivity (Wildman–Crippen MR) is 75.3 cm³/mol. The number of hydrogen-bond donors (Lipinski definition) is 1. The molecule has 0 radical (unpaired) electrons. The molecule has 0 aliphatic heterocycles. The Morgan fingerprint density at radius 2 is 1.95 bits per heavy atom.